The fourth-order valence-electron chi connectivity index (χ4n) is 3.06. The maximum Gasteiger partial charge on any atom is 0.573 e. The van der Waals surface area contributed by atoms with Gasteiger partial charge in [-0.05, 0) is 30.3 Å². The number of amides is 1. The van der Waals surface area contributed by atoms with Crippen molar-refractivity contribution < 1.29 is 22.7 Å². The molecule has 0 spiro atoms. The molecule has 2 aromatic carbocycles. The Morgan fingerprint density at radius 3 is 2.53 bits per heavy atom. The van der Waals surface area contributed by atoms with E-state index >= 15 is 0 Å². The average Bonchev–Trinajstić information content (AvgIpc) is 3.25. The number of carbonyl (C=O) groups excluding carboxylic acids is 1. The lowest BCUT2D eigenvalue weighted by Crippen LogP contribution is -2.38. The first-order chi connectivity index (χ1) is 15.0. The molecule has 0 atom stereocenters. The van der Waals surface area contributed by atoms with E-state index in [4.69, 9.17) is 0 Å². The van der Waals surface area contributed by atoms with E-state index in [1.165, 1.54) is 34.5 Å². The monoisotopic (exact) mass is 464 g/mol. The predicted octanol–water partition coefficient (Wildman–Crippen LogP) is 4.37. The number of nitrogens with zero attached hydrogens (tertiary/aromatic N) is 5. The number of nitrogens with one attached hydrogen (secondary N) is 1. The van der Waals surface area contributed by atoms with Crippen LogP contribution in [0.4, 0.5) is 24.3 Å². The van der Waals surface area contributed by atoms with E-state index in [0.29, 0.717) is 32.4 Å². The average molecular weight is 464 g/mol. The number of anilines is 2. The summed E-state index contributed by atoms with van der Waals surface area (Å²) in [7, 11) is 7.04. The van der Waals surface area contributed by atoms with Crippen LogP contribution in [-0.4, -0.2) is 58.0 Å². The number of carbonyl (C=O) groups is 1. The van der Waals surface area contributed by atoms with Gasteiger partial charge in [0, 0.05) is 39.8 Å². The minimum Gasteiger partial charge on any atom is -0.406 e. The fourth-order valence-corrected chi connectivity index (χ4v) is 3.95. The van der Waals surface area contributed by atoms with Gasteiger partial charge in [0.15, 0.2) is 5.13 Å². The highest BCUT2D eigenvalue weighted by Crippen LogP contribution is 2.33. The Kier molecular flexibility index (Phi) is 5.42. The maximum atomic E-state index is 12.6. The van der Waals surface area contributed by atoms with Crippen molar-refractivity contribution in [2.45, 2.75) is 6.36 Å². The minimum atomic E-state index is -4.76. The second-order valence-electron chi connectivity index (χ2n) is 7.20. The minimum absolute atomic E-state index is 0.167. The van der Waals surface area contributed by atoms with Crippen molar-refractivity contribution in [1.82, 2.24) is 24.6 Å². The van der Waals surface area contributed by atoms with E-state index in [1.807, 2.05) is 17.7 Å². The molecule has 8 nitrogen and oxygen atoms in total. The Balaban J connectivity index is 1.62. The fraction of sp³-hybridized carbons (Fsp3) is 0.250. The first kappa shape index (κ1) is 21.8. The number of imidazole rings is 1. The number of aromatic nitrogens is 3. The molecule has 168 valence electrons. The van der Waals surface area contributed by atoms with Gasteiger partial charge >= 0.3 is 6.36 Å². The molecule has 0 saturated carbocycles. The summed E-state index contributed by atoms with van der Waals surface area (Å²) in [6.45, 7) is 0. The molecule has 1 amide bonds. The Morgan fingerprint density at radius 1 is 1.09 bits per heavy atom. The highest BCUT2D eigenvalue weighted by Gasteiger charge is 2.31. The number of rotatable bonds is 5. The third-order valence-corrected chi connectivity index (χ3v) is 5.77. The smallest absolute Gasteiger partial charge is 0.406 e. The van der Waals surface area contributed by atoms with Crippen LogP contribution in [-0.2, 0) is 7.05 Å². The molecule has 0 aliphatic rings. The topological polar surface area (TPSA) is 75.5 Å². The molecule has 0 bridgehead atoms. The molecule has 1 N–H and O–H groups in total. The van der Waals surface area contributed by atoms with Crippen molar-refractivity contribution in [2.24, 2.45) is 7.05 Å². The number of hydrogen-bond donors (Lipinski definition) is 1. The molecule has 12 heteroatoms. The normalized spacial score (nSPS) is 12.0. The quantitative estimate of drug-likeness (QED) is 0.442. The molecule has 0 aliphatic heterocycles. The largest absolute Gasteiger partial charge is 0.573 e. The number of thiazole rings is 1. The number of hydrogen-bond acceptors (Lipinski definition) is 7. The van der Waals surface area contributed by atoms with Gasteiger partial charge in [-0.25, -0.2) is 15.0 Å². The molecule has 32 heavy (non-hydrogen) atoms. The van der Waals surface area contributed by atoms with Gasteiger partial charge in [0.2, 0.25) is 5.95 Å². The van der Waals surface area contributed by atoms with Crippen molar-refractivity contribution in [1.29, 1.82) is 0 Å². The van der Waals surface area contributed by atoms with Gasteiger partial charge in [-0.1, -0.05) is 11.3 Å². The number of aryl methyl sites for hydroxylation is 1. The highest BCUT2D eigenvalue weighted by atomic mass is 32.1. The van der Waals surface area contributed by atoms with Crippen LogP contribution >= 0.6 is 11.3 Å². The summed E-state index contributed by atoms with van der Waals surface area (Å²) in [5, 5.41) is 6.73. The molecule has 4 aromatic rings. The molecule has 0 saturated heterocycles. The number of benzene rings is 2. The van der Waals surface area contributed by atoms with Crippen LogP contribution in [0.2, 0.25) is 0 Å². The van der Waals surface area contributed by atoms with E-state index in [1.54, 1.807) is 38.3 Å². The first-order valence-electron chi connectivity index (χ1n) is 9.37. The van der Waals surface area contributed by atoms with Crippen LogP contribution in [0.1, 0.15) is 10.4 Å². The van der Waals surface area contributed by atoms with E-state index in [9.17, 15) is 18.0 Å². The lowest BCUT2D eigenvalue weighted by atomic mass is 10.2. The lowest BCUT2D eigenvalue weighted by molar-refractivity contribution is -0.274. The van der Waals surface area contributed by atoms with Gasteiger partial charge in [-0.2, -0.15) is 0 Å². The summed E-state index contributed by atoms with van der Waals surface area (Å²) in [6.07, 6.45) is -4.76. The number of fused-ring (bicyclic) bond motifs is 2. The molecule has 2 heterocycles. The van der Waals surface area contributed by atoms with Gasteiger partial charge < -0.3 is 14.6 Å². The van der Waals surface area contributed by atoms with Crippen molar-refractivity contribution >= 4 is 49.6 Å². The number of ether oxygens (including phenoxy) is 1. The summed E-state index contributed by atoms with van der Waals surface area (Å²) in [6, 6.07) is 9.23. The summed E-state index contributed by atoms with van der Waals surface area (Å²) >= 11 is 1.18. The van der Waals surface area contributed by atoms with Crippen LogP contribution in [0.15, 0.2) is 36.4 Å². The lowest BCUT2D eigenvalue weighted by Gasteiger charge is -2.24. The van der Waals surface area contributed by atoms with Crippen molar-refractivity contribution in [2.75, 3.05) is 26.5 Å². The number of alkyl halides is 3. The number of hydrazine groups is 1. The number of halogens is 3. The first-order valence-corrected chi connectivity index (χ1v) is 10.2. The molecule has 0 unspecified atom stereocenters. The Bertz CT molecular complexity index is 1310. The predicted molar refractivity (Wildman–Crippen MR) is 116 cm³/mol. The molecule has 0 fully saturated rings. The van der Waals surface area contributed by atoms with E-state index in [-0.39, 0.29) is 11.7 Å². The summed E-state index contributed by atoms with van der Waals surface area (Å²) < 4.78 is 43.7. The summed E-state index contributed by atoms with van der Waals surface area (Å²) in [4.78, 5) is 21.5. The zero-order valence-electron chi connectivity index (χ0n) is 17.6. The Labute approximate surface area is 184 Å². The van der Waals surface area contributed by atoms with Crippen molar-refractivity contribution in [3.8, 4) is 5.75 Å². The molecule has 4 rings (SSSR count). The van der Waals surface area contributed by atoms with Crippen LogP contribution in [0.25, 0.3) is 21.3 Å². The van der Waals surface area contributed by atoms with Crippen LogP contribution in [0.3, 0.4) is 0 Å². The third kappa shape index (κ3) is 4.32. The zero-order chi connectivity index (χ0) is 23.2. The van der Waals surface area contributed by atoms with Crippen molar-refractivity contribution in [3.05, 3.63) is 42.0 Å². The van der Waals surface area contributed by atoms with Gasteiger partial charge in [0.05, 0.1) is 21.3 Å². The second kappa shape index (κ2) is 7.95. The maximum absolute atomic E-state index is 12.6. The molecular formula is C20H19F3N6O2S. The highest BCUT2D eigenvalue weighted by molar-refractivity contribution is 7.22. The summed E-state index contributed by atoms with van der Waals surface area (Å²) in [5.74, 6) is 0.0133. The van der Waals surface area contributed by atoms with Gasteiger partial charge in [0.1, 0.15) is 5.75 Å². The molecule has 2 aromatic heterocycles. The SMILES string of the molecule is CN(C)N(C)C(=O)c1ccc2c(c1)nc(Nc1nc3ccc(OC(F)(F)F)cc3s1)n2C. The van der Waals surface area contributed by atoms with Gasteiger partial charge in [-0.15, -0.1) is 13.2 Å². The van der Waals surface area contributed by atoms with E-state index < -0.39 is 6.36 Å². The van der Waals surface area contributed by atoms with Gasteiger partial charge in [-0.3, -0.25) is 9.80 Å². The standard InChI is InChI=1S/C20H19F3N6O2S/c1-27(2)29(4)17(30)11-5-8-15-14(9-11)24-18(28(15)3)26-19-25-13-7-6-12(10-16(13)32-19)31-20(21,22)23/h5-10H,1-4H3,(H,24,25,26). The molecular weight excluding hydrogens is 445 g/mol. The second-order valence-corrected chi connectivity index (χ2v) is 8.23. The van der Waals surface area contributed by atoms with Crippen LogP contribution in [0, 0.1) is 0 Å². The van der Waals surface area contributed by atoms with Gasteiger partial charge in [0.25, 0.3) is 5.91 Å². The zero-order valence-corrected chi connectivity index (χ0v) is 18.4. The summed E-state index contributed by atoms with van der Waals surface area (Å²) in [5.41, 5.74) is 2.45. The van der Waals surface area contributed by atoms with Crippen LogP contribution < -0.4 is 10.1 Å². The van der Waals surface area contributed by atoms with E-state index in [2.05, 4.69) is 20.0 Å². The van der Waals surface area contributed by atoms with Crippen molar-refractivity contribution in [3.63, 3.8) is 0 Å². The van der Waals surface area contributed by atoms with E-state index in [0.717, 1.165) is 5.52 Å². The molecule has 0 aliphatic carbocycles. The Morgan fingerprint density at radius 2 is 1.84 bits per heavy atom. The third-order valence-electron chi connectivity index (χ3n) is 4.83. The Hall–Kier alpha value is -3.38. The van der Waals surface area contributed by atoms with Crippen LogP contribution in [0.5, 0.6) is 5.75 Å². The molecule has 0 radical (unpaired) electrons.